The van der Waals surface area contributed by atoms with Gasteiger partial charge < -0.3 is 15.2 Å². The lowest BCUT2D eigenvalue weighted by Crippen LogP contribution is -2.05. The van der Waals surface area contributed by atoms with Gasteiger partial charge in [0.25, 0.3) is 0 Å². The Bertz CT molecular complexity index is 639. The molecule has 2 aromatic carbocycles. The zero-order chi connectivity index (χ0) is 15.4. The highest BCUT2D eigenvalue weighted by Crippen LogP contribution is 2.38. The SMILES string of the molecule is COc1ccc(CCCN)cc1OC1CCc2ccccc21. The summed E-state index contributed by atoms with van der Waals surface area (Å²) in [4.78, 5) is 0. The van der Waals surface area contributed by atoms with E-state index in [0.29, 0.717) is 6.54 Å². The summed E-state index contributed by atoms with van der Waals surface area (Å²) in [6.45, 7) is 0.707. The average molecular weight is 297 g/mol. The third kappa shape index (κ3) is 3.09. The summed E-state index contributed by atoms with van der Waals surface area (Å²) in [5.41, 5.74) is 9.54. The summed E-state index contributed by atoms with van der Waals surface area (Å²) < 4.78 is 11.7. The van der Waals surface area contributed by atoms with E-state index in [-0.39, 0.29) is 6.10 Å². The van der Waals surface area contributed by atoms with Crippen molar-refractivity contribution in [2.75, 3.05) is 13.7 Å². The van der Waals surface area contributed by atoms with Crippen LogP contribution in [-0.2, 0) is 12.8 Å². The second-order valence-corrected chi connectivity index (χ2v) is 5.72. The molecule has 0 saturated heterocycles. The first kappa shape index (κ1) is 14.9. The highest BCUT2D eigenvalue weighted by molar-refractivity contribution is 5.44. The summed E-state index contributed by atoms with van der Waals surface area (Å²) in [5.74, 6) is 1.62. The molecule has 0 amide bonds. The molecule has 0 fully saturated rings. The van der Waals surface area contributed by atoms with E-state index in [9.17, 15) is 0 Å². The molecule has 0 spiro atoms. The summed E-state index contributed by atoms with van der Waals surface area (Å²) >= 11 is 0. The van der Waals surface area contributed by atoms with Crippen molar-refractivity contribution in [3.05, 3.63) is 59.2 Å². The number of fused-ring (bicyclic) bond motifs is 1. The molecule has 2 aromatic rings. The van der Waals surface area contributed by atoms with Crippen LogP contribution >= 0.6 is 0 Å². The molecule has 3 rings (SSSR count). The van der Waals surface area contributed by atoms with E-state index in [4.69, 9.17) is 15.2 Å². The van der Waals surface area contributed by atoms with E-state index in [0.717, 1.165) is 37.2 Å². The van der Waals surface area contributed by atoms with Crippen LogP contribution in [0.2, 0.25) is 0 Å². The molecular weight excluding hydrogens is 274 g/mol. The van der Waals surface area contributed by atoms with Crippen molar-refractivity contribution in [3.8, 4) is 11.5 Å². The van der Waals surface area contributed by atoms with E-state index in [2.05, 4.69) is 36.4 Å². The molecule has 3 nitrogen and oxygen atoms in total. The molecule has 3 heteroatoms. The van der Waals surface area contributed by atoms with Crippen LogP contribution in [0, 0.1) is 0 Å². The lowest BCUT2D eigenvalue weighted by Gasteiger charge is -2.18. The first-order valence-corrected chi connectivity index (χ1v) is 7.93. The minimum absolute atomic E-state index is 0.120. The third-order valence-electron chi connectivity index (χ3n) is 4.24. The lowest BCUT2D eigenvalue weighted by atomic mass is 10.1. The minimum Gasteiger partial charge on any atom is -0.493 e. The predicted molar refractivity (Wildman–Crippen MR) is 88.5 cm³/mol. The summed E-state index contributed by atoms with van der Waals surface area (Å²) in [6.07, 6.45) is 4.18. The Morgan fingerprint density at radius 1 is 1.14 bits per heavy atom. The molecule has 0 saturated carbocycles. The zero-order valence-corrected chi connectivity index (χ0v) is 13.0. The Hall–Kier alpha value is -2.00. The van der Waals surface area contributed by atoms with Gasteiger partial charge in [-0.25, -0.2) is 0 Å². The fraction of sp³-hybridized carbons (Fsp3) is 0.368. The van der Waals surface area contributed by atoms with Crippen molar-refractivity contribution >= 4 is 0 Å². The number of hydrogen-bond donors (Lipinski definition) is 1. The quantitative estimate of drug-likeness (QED) is 0.885. The molecular formula is C19H23NO2. The Morgan fingerprint density at radius 2 is 2.00 bits per heavy atom. The van der Waals surface area contributed by atoms with E-state index in [1.54, 1.807) is 7.11 Å². The second-order valence-electron chi connectivity index (χ2n) is 5.72. The Morgan fingerprint density at radius 3 is 2.82 bits per heavy atom. The third-order valence-corrected chi connectivity index (χ3v) is 4.24. The maximum atomic E-state index is 6.29. The van der Waals surface area contributed by atoms with E-state index < -0.39 is 0 Å². The second kappa shape index (κ2) is 6.84. The van der Waals surface area contributed by atoms with Gasteiger partial charge in [-0.2, -0.15) is 0 Å². The zero-order valence-electron chi connectivity index (χ0n) is 13.0. The van der Waals surface area contributed by atoms with Crippen molar-refractivity contribution in [3.63, 3.8) is 0 Å². The van der Waals surface area contributed by atoms with Gasteiger partial charge in [0, 0.05) is 0 Å². The molecule has 0 aliphatic heterocycles. The number of benzene rings is 2. The number of nitrogens with two attached hydrogens (primary N) is 1. The van der Waals surface area contributed by atoms with Crippen molar-refractivity contribution < 1.29 is 9.47 Å². The number of hydrogen-bond acceptors (Lipinski definition) is 3. The van der Waals surface area contributed by atoms with Crippen molar-refractivity contribution in [1.29, 1.82) is 0 Å². The van der Waals surface area contributed by atoms with Crippen LogP contribution in [0.1, 0.15) is 35.6 Å². The van der Waals surface area contributed by atoms with Crippen LogP contribution in [0.4, 0.5) is 0 Å². The topological polar surface area (TPSA) is 44.5 Å². The maximum absolute atomic E-state index is 6.29. The fourth-order valence-corrected chi connectivity index (χ4v) is 3.07. The van der Waals surface area contributed by atoms with Crippen LogP contribution in [0.5, 0.6) is 11.5 Å². The maximum Gasteiger partial charge on any atom is 0.162 e. The van der Waals surface area contributed by atoms with Gasteiger partial charge in [-0.05, 0) is 61.1 Å². The number of ether oxygens (including phenoxy) is 2. The summed E-state index contributed by atoms with van der Waals surface area (Å²) in [6, 6.07) is 14.7. The van der Waals surface area contributed by atoms with Crippen molar-refractivity contribution in [2.45, 2.75) is 31.8 Å². The molecule has 0 radical (unpaired) electrons. The normalized spacial score (nSPS) is 16.4. The Kier molecular flexibility index (Phi) is 4.64. The molecule has 0 aromatic heterocycles. The number of rotatable bonds is 6. The smallest absolute Gasteiger partial charge is 0.162 e. The highest BCUT2D eigenvalue weighted by atomic mass is 16.5. The molecule has 1 aliphatic rings. The van der Waals surface area contributed by atoms with Crippen molar-refractivity contribution in [1.82, 2.24) is 0 Å². The van der Waals surface area contributed by atoms with Crippen LogP contribution in [0.15, 0.2) is 42.5 Å². The first-order valence-electron chi connectivity index (χ1n) is 7.93. The average Bonchev–Trinajstić information content (AvgIpc) is 2.96. The van der Waals surface area contributed by atoms with E-state index in [1.807, 2.05) is 6.07 Å². The molecule has 1 unspecified atom stereocenters. The monoisotopic (exact) mass is 297 g/mol. The van der Waals surface area contributed by atoms with Gasteiger partial charge in [-0.1, -0.05) is 30.3 Å². The molecule has 2 N–H and O–H groups in total. The van der Waals surface area contributed by atoms with E-state index in [1.165, 1.54) is 16.7 Å². The predicted octanol–water partition coefficient (Wildman–Crippen LogP) is 3.65. The molecule has 0 bridgehead atoms. The minimum atomic E-state index is 0.120. The molecule has 1 atom stereocenters. The largest absolute Gasteiger partial charge is 0.493 e. The van der Waals surface area contributed by atoms with E-state index >= 15 is 0 Å². The Balaban J connectivity index is 1.82. The number of aryl methyl sites for hydroxylation is 2. The van der Waals surface area contributed by atoms with Gasteiger partial charge in [-0.15, -0.1) is 0 Å². The van der Waals surface area contributed by atoms with Crippen LogP contribution in [0.3, 0.4) is 0 Å². The number of methoxy groups -OCH3 is 1. The standard InChI is InChI=1S/C19H23NO2/c1-21-18-10-8-14(5-4-12-20)13-19(18)22-17-11-9-15-6-2-3-7-16(15)17/h2-3,6-8,10,13,17H,4-5,9,11-12,20H2,1H3. The summed E-state index contributed by atoms with van der Waals surface area (Å²) in [5, 5.41) is 0. The molecule has 1 aliphatic carbocycles. The van der Waals surface area contributed by atoms with Gasteiger partial charge >= 0.3 is 0 Å². The lowest BCUT2D eigenvalue weighted by molar-refractivity contribution is 0.198. The van der Waals surface area contributed by atoms with Crippen LogP contribution < -0.4 is 15.2 Å². The fourth-order valence-electron chi connectivity index (χ4n) is 3.07. The van der Waals surface area contributed by atoms with Gasteiger partial charge in [0.05, 0.1) is 7.11 Å². The van der Waals surface area contributed by atoms with Gasteiger partial charge in [0.15, 0.2) is 11.5 Å². The highest BCUT2D eigenvalue weighted by Gasteiger charge is 2.24. The molecule has 116 valence electrons. The molecule has 22 heavy (non-hydrogen) atoms. The summed E-state index contributed by atoms with van der Waals surface area (Å²) in [7, 11) is 1.68. The van der Waals surface area contributed by atoms with Crippen molar-refractivity contribution in [2.24, 2.45) is 5.73 Å². The first-order chi connectivity index (χ1) is 10.8. The van der Waals surface area contributed by atoms with Gasteiger partial charge in [-0.3, -0.25) is 0 Å². The van der Waals surface area contributed by atoms with Gasteiger partial charge in [0.1, 0.15) is 6.10 Å². The van der Waals surface area contributed by atoms with Crippen LogP contribution in [0.25, 0.3) is 0 Å². The van der Waals surface area contributed by atoms with Gasteiger partial charge in [0.2, 0.25) is 0 Å². The molecule has 0 heterocycles. The van der Waals surface area contributed by atoms with Crippen LogP contribution in [-0.4, -0.2) is 13.7 Å². The Labute approximate surface area is 132 Å².